The van der Waals surface area contributed by atoms with Crippen molar-refractivity contribution >= 4 is 17.4 Å². The lowest BCUT2D eigenvalue weighted by molar-refractivity contribution is 0.0761. The van der Waals surface area contributed by atoms with E-state index >= 15 is 0 Å². The van der Waals surface area contributed by atoms with Crippen LogP contribution >= 0.6 is 11.5 Å². The molecule has 0 fully saturated rings. The molecule has 0 aliphatic heterocycles. The molecular formula is C10H17N3OS. The minimum absolute atomic E-state index is 0.0107. The summed E-state index contributed by atoms with van der Waals surface area (Å²) in [6.45, 7) is 7.45. The van der Waals surface area contributed by atoms with Crippen LogP contribution in [0, 0.1) is 6.92 Å². The Hall–Kier alpha value is -0.970. The zero-order valence-corrected chi connectivity index (χ0v) is 10.3. The molecule has 0 N–H and O–H groups in total. The Morgan fingerprint density at radius 2 is 2.20 bits per heavy atom. The van der Waals surface area contributed by atoms with Crippen LogP contribution in [0.1, 0.15) is 42.3 Å². The first-order valence-corrected chi connectivity index (χ1v) is 6.06. The maximum Gasteiger partial charge on any atom is 0.284 e. The van der Waals surface area contributed by atoms with Crippen molar-refractivity contribution in [3.8, 4) is 0 Å². The van der Waals surface area contributed by atoms with Gasteiger partial charge in [0.2, 0.25) is 5.01 Å². The summed E-state index contributed by atoms with van der Waals surface area (Å²) in [5, 5.41) is 0.505. The molecule has 1 heterocycles. The number of carbonyl (C=O) groups is 1. The highest BCUT2D eigenvalue weighted by atomic mass is 32.1. The minimum Gasteiger partial charge on any atom is -0.337 e. The average Bonchev–Trinajstić information content (AvgIpc) is 2.65. The van der Waals surface area contributed by atoms with Crippen LogP contribution in [0.4, 0.5) is 0 Å². The van der Waals surface area contributed by atoms with Gasteiger partial charge in [0.1, 0.15) is 5.82 Å². The summed E-state index contributed by atoms with van der Waals surface area (Å²) in [4.78, 5) is 17.9. The molecular weight excluding hydrogens is 210 g/mol. The van der Waals surface area contributed by atoms with Gasteiger partial charge in [-0.1, -0.05) is 13.3 Å². The van der Waals surface area contributed by atoms with E-state index in [0.29, 0.717) is 10.8 Å². The average molecular weight is 227 g/mol. The molecule has 0 aliphatic carbocycles. The first-order chi connectivity index (χ1) is 7.19. The standard InChI is InChI=1S/C10H17N3OS/c1-4-6-7-13(5-2)10(14)9-11-8(3)12-15-9/h4-7H2,1-3H3. The number of rotatable bonds is 5. The second-order valence-electron chi connectivity index (χ2n) is 3.39. The lowest BCUT2D eigenvalue weighted by Gasteiger charge is -2.18. The topological polar surface area (TPSA) is 46.1 Å². The fourth-order valence-electron chi connectivity index (χ4n) is 1.27. The van der Waals surface area contributed by atoms with Gasteiger partial charge in [-0.05, 0) is 31.8 Å². The SMILES string of the molecule is CCCCN(CC)C(=O)c1nc(C)ns1. The van der Waals surface area contributed by atoms with E-state index in [0.717, 1.165) is 25.9 Å². The molecule has 1 rings (SSSR count). The van der Waals surface area contributed by atoms with Gasteiger partial charge in [0.05, 0.1) is 0 Å². The monoisotopic (exact) mass is 227 g/mol. The summed E-state index contributed by atoms with van der Waals surface area (Å²) in [6.07, 6.45) is 2.14. The fraction of sp³-hybridized carbons (Fsp3) is 0.700. The molecule has 0 aliphatic rings. The quantitative estimate of drug-likeness (QED) is 0.774. The Morgan fingerprint density at radius 1 is 1.47 bits per heavy atom. The summed E-state index contributed by atoms with van der Waals surface area (Å²) in [5.74, 6) is 0.687. The minimum atomic E-state index is 0.0107. The Morgan fingerprint density at radius 3 is 2.67 bits per heavy atom. The van der Waals surface area contributed by atoms with Crippen LogP contribution in [0.3, 0.4) is 0 Å². The van der Waals surface area contributed by atoms with Gasteiger partial charge in [-0.2, -0.15) is 4.37 Å². The number of aryl methyl sites for hydroxylation is 1. The summed E-state index contributed by atoms with van der Waals surface area (Å²) in [6, 6.07) is 0. The molecule has 0 saturated heterocycles. The molecule has 0 unspecified atom stereocenters. The third kappa shape index (κ3) is 3.27. The molecule has 0 atom stereocenters. The van der Waals surface area contributed by atoms with Crippen LogP contribution in [0.15, 0.2) is 0 Å². The zero-order valence-electron chi connectivity index (χ0n) is 9.49. The maximum atomic E-state index is 11.9. The number of nitrogens with zero attached hydrogens (tertiary/aromatic N) is 3. The van der Waals surface area contributed by atoms with E-state index in [2.05, 4.69) is 16.3 Å². The van der Waals surface area contributed by atoms with Gasteiger partial charge in [0, 0.05) is 13.1 Å². The molecule has 0 radical (unpaired) electrons. The van der Waals surface area contributed by atoms with Gasteiger partial charge >= 0.3 is 0 Å². The molecule has 0 saturated carbocycles. The van der Waals surface area contributed by atoms with E-state index in [-0.39, 0.29) is 5.91 Å². The second kappa shape index (κ2) is 5.80. The Labute approximate surface area is 94.5 Å². The number of hydrogen-bond acceptors (Lipinski definition) is 4. The highest BCUT2D eigenvalue weighted by molar-refractivity contribution is 7.07. The highest BCUT2D eigenvalue weighted by Gasteiger charge is 2.17. The fourth-order valence-corrected chi connectivity index (χ4v) is 1.91. The van der Waals surface area contributed by atoms with Gasteiger partial charge in [-0.3, -0.25) is 4.79 Å². The van der Waals surface area contributed by atoms with Crippen molar-refractivity contribution in [3.05, 3.63) is 10.8 Å². The molecule has 1 amide bonds. The molecule has 84 valence electrons. The molecule has 15 heavy (non-hydrogen) atoms. The molecule has 0 aromatic carbocycles. The van der Waals surface area contributed by atoms with Crippen LogP contribution in [-0.2, 0) is 0 Å². The Bertz CT molecular complexity index is 324. The molecule has 4 nitrogen and oxygen atoms in total. The summed E-state index contributed by atoms with van der Waals surface area (Å²) < 4.78 is 4.02. The highest BCUT2D eigenvalue weighted by Crippen LogP contribution is 2.08. The van der Waals surface area contributed by atoms with Crippen LogP contribution in [0.2, 0.25) is 0 Å². The van der Waals surface area contributed by atoms with Gasteiger partial charge < -0.3 is 4.90 Å². The predicted octanol–water partition coefficient (Wildman–Crippen LogP) is 2.11. The Kier molecular flexibility index (Phi) is 4.68. The molecule has 0 bridgehead atoms. The summed E-state index contributed by atoms with van der Waals surface area (Å²) >= 11 is 1.18. The van der Waals surface area contributed by atoms with E-state index in [1.807, 2.05) is 11.8 Å². The predicted molar refractivity (Wildman–Crippen MR) is 61.1 cm³/mol. The van der Waals surface area contributed by atoms with E-state index < -0.39 is 0 Å². The van der Waals surface area contributed by atoms with Crippen molar-refractivity contribution in [2.75, 3.05) is 13.1 Å². The van der Waals surface area contributed by atoms with Gasteiger partial charge in [-0.25, -0.2) is 4.98 Å². The number of carbonyl (C=O) groups excluding carboxylic acids is 1. The van der Waals surface area contributed by atoms with Crippen molar-refractivity contribution in [3.63, 3.8) is 0 Å². The van der Waals surface area contributed by atoms with Crippen molar-refractivity contribution in [2.45, 2.75) is 33.6 Å². The molecule has 5 heteroatoms. The largest absolute Gasteiger partial charge is 0.337 e. The van der Waals surface area contributed by atoms with E-state index in [1.165, 1.54) is 11.5 Å². The van der Waals surface area contributed by atoms with Gasteiger partial charge in [0.15, 0.2) is 0 Å². The van der Waals surface area contributed by atoms with Gasteiger partial charge in [-0.15, -0.1) is 0 Å². The third-order valence-corrected chi connectivity index (χ3v) is 2.96. The van der Waals surface area contributed by atoms with Crippen LogP contribution in [0.25, 0.3) is 0 Å². The molecule has 0 spiro atoms. The van der Waals surface area contributed by atoms with Crippen LogP contribution in [-0.4, -0.2) is 33.3 Å². The number of unbranched alkanes of at least 4 members (excludes halogenated alkanes) is 1. The van der Waals surface area contributed by atoms with E-state index in [1.54, 1.807) is 6.92 Å². The van der Waals surface area contributed by atoms with Crippen molar-refractivity contribution in [1.82, 2.24) is 14.3 Å². The lowest BCUT2D eigenvalue weighted by atomic mass is 10.3. The summed E-state index contributed by atoms with van der Waals surface area (Å²) in [7, 11) is 0. The second-order valence-corrected chi connectivity index (χ2v) is 4.14. The smallest absolute Gasteiger partial charge is 0.284 e. The first-order valence-electron chi connectivity index (χ1n) is 5.28. The van der Waals surface area contributed by atoms with Crippen molar-refractivity contribution in [2.24, 2.45) is 0 Å². The van der Waals surface area contributed by atoms with E-state index in [4.69, 9.17) is 0 Å². The van der Waals surface area contributed by atoms with E-state index in [9.17, 15) is 4.79 Å². The molecule has 1 aromatic heterocycles. The number of amides is 1. The van der Waals surface area contributed by atoms with Gasteiger partial charge in [0.25, 0.3) is 5.91 Å². The number of hydrogen-bond donors (Lipinski definition) is 0. The van der Waals surface area contributed by atoms with Crippen molar-refractivity contribution < 1.29 is 4.79 Å². The van der Waals surface area contributed by atoms with Crippen LogP contribution < -0.4 is 0 Å². The lowest BCUT2D eigenvalue weighted by Crippen LogP contribution is -2.31. The Balaban J connectivity index is 2.64. The molecule has 1 aromatic rings. The van der Waals surface area contributed by atoms with Crippen LogP contribution in [0.5, 0.6) is 0 Å². The number of aromatic nitrogens is 2. The first kappa shape index (κ1) is 12.1. The van der Waals surface area contributed by atoms with Crippen molar-refractivity contribution in [1.29, 1.82) is 0 Å². The summed E-state index contributed by atoms with van der Waals surface area (Å²) in [5.41, 5.74) is 0. The maximum absolute atomic E-state index is 11.9. The third-order valence-electron chi connectivity index (χ3n) is 2.16. The zero-order chi connectivity index (χ0) is 11.3. The normalized spacial score (nSPS) is 10.3.